The molecule has 4 aromatic carbocycles. The van der Waals surface area contributed by atoms with E-state index in [0.717, 1.165) is 52.2 Å². The minimum Gasteiger partial charge on any atom is -0.493 e. The smallest absolute Gasteiger partial charge is 0.416 e. The summed E-state index contributed by atoms with van der Waals surface area (Å²) in [6.45, 7) is 8.37. The number of ether oxygens (including phenoxy) is 2. The molecule has 0 saturated carbocycles. The van der Waals surface area contributed by atoms with E-state index in [1.165, 1.54) is 6.07 Å². The summed E-state index contributed by atoms with van der Waals surface area (Å²) in [5, 5.41) is 3.35. The van der Waals surface area contributed by atoms with Gasteiger partial charge in [0.25, 0.3) is 5.91 Å². The number of hydrogen-bond donors (Lipinski definition) is 1. The molecule has 10 heteroatoms. The fourth-order valence-corrected chi connectivity index (χ4v) is 6.30. The predicted molar refractivity (Wildman–Crippen MR) is 185 cm³/mol. The number of halogens is 4. The van der Waals surface area contributed by atoms with Gasteiger partial charge in [-0.15, -0.1) is 0 Å². The normalized spacial score (nSPS) is 15.1. The van der Waals surface area contributed by atoms with Crippen LogP contribution in [0, 0.1) is 0 Å². The highest BCUT2D eigenvalue weighted by Gasteiger charge is 2.34. The molecule has 1 saturated heterocycles. The molecular weight excluding hydrogens is 639 g/mol. The Hall–Kier alpha value is -4.05. The van der Waals surface area contributed by atoms with Crippen LogP contribution in [-0.2, 0) is 24.1 Å². The van der Waals surface area contributed by atoms with Gasteiger partial charge in [0.05, 0.1) is 36.0 Å². The number of carbonyl (C=O) groups is 1. The summed E-state index contributed by atoms with van der Waals surface area (Å²) >= 11 is 6.19. The van der Waals surface area contributed by atoms with E-state index in [1.54, 1.807) is 4.90 Å². The van der Waals surface area contributed by atoms with Crippen molar-refractivity contribution in [3.05, 3.63) is 118 Å². The van der Waals surface area contributed by atoms with Crippen LogP contribution in [0.4, 0.5) is 18.9 Å². The monoisotopic (exact) mass is 679 g/mol. The summed E-state index contributed by atoms with van der Waals surface area (Å²) in [5.74, 6) is 0.452. The topological polar surface area (TPSA) is 54.0 Å². The fraction of sp³-hybridized carbons (Fsp3) is 0.342. The number of hydrogen-bond acceptors (Lipinski definition) is 5. The molecule has 48 heavy (non-hydrogen) atoms. The molecular formula is C38H41ClF3N3O3. The number of anilines is 1. The molecule has 4 aromatic rings. The Labute approximate surface area is 285 Å². The molecule has 1 aliphatic rings. The van der Waals surface area contributed by atoms with Crippen LogP contribution >= 0.6 is 11.6 Å². The van der Waals surface area contributed by atoms with Gasteiger partial charge >= 0.3 is 6.18 Å². The molecule has 1 N–H and O–H groups in total. The summed E-state index contributed by atoms with van der Waals surface area (Å²) in [7, 11) is 0. The Kier molecular flexibility index (Phi) is 12.0. The number of carbonyl (C=O) groups excluding carboxylic acids is 1. The van der Waals surface area contributed by atoms with Gasteiger partial charge in [-0.2, -0.15) is 13.2 Å². The quantitative estimate of drug-likeness (QED) is 0.144. The summed E-state index contributed by atoms with van der Waals surface area (Å²) in [6, 6.07) is 27.4. The van der Waals surface area contributed by atoms with Crippen molar-refractivity contribution < 1.29 is 27.4 Å². The van der Waals surface area contributed by atoms with Crippen LogP contribution in [0.15, 0.2) is 91.0 Å². The molecule has 6 nitrogen and oxygen atoms in total. The van der Waals surface area contributed by atoms with Crippen molar-refractivity contribution in [1.82, 2.24) is 10.2 Å². The first kappa shape index (κ1) is 35.3. The zero-order valence-corrected chi connectivity index (χ0v) is 28.0. The van der Waals surface area contributed by atoms with Gasteiger partial charge in [0.1, 0.15) is 5.75 Å². The number of alkyl halides is 3. The Morgan fingerprint density at radius 3 is 2.46 bits per heavy atom. The third-order valence-electron chi connectivity index (χ3n) is 8.51. The molecule has 1 amide bonds. The standard InChI is InChI=1S/C38H41ClF3N3O3/c1-3-31-25-44(37(46)33-16-15-30(23-34(33)39)38(40,41)42)19-20-45(31)35-17-14-28(32-12-8-9-13-36(32)48-4-2)22-29(35)24-43-18-21-47-26-27-10-6-5-7-11-27/h5-17,22-23,31,43H,3-4,18-21,24-26H2,1-2H3/t31-/m1/s1. The van der Waals surface area contributed by atoms with Crippen LogP contribution in [0.25, 0.3) is 11.1 Å². The van der Waals surface area contributed by atoms with Crippen molar-refractivity contribution in [2.24, 2.45) is 0 Å². The van der Waals surface area contributed by atoms with Gasteiger partial charge in [-0.05, 0) is 66.4 Å². The zero-order chi connectivity index (χ0) is 34.1. The summed E-state index contributed by atoms with van der Waals surface area (Å²) < 4.78 is 51.4. The molecule has 1 aliphatic heterocycles. The second-order valence-corrected chi connectivity index (χ2v) is 12.1. The van der Waals surface area contributed by atoms with Crippen LogP contribution in [0.5, 0.6) is 5.75 Å². The lowest BCUT2D eigenvalue weighted by atomic mass is 9.98. The fourth-order valence-electron chi connectivity index (χ4n) is 6.03. The first-order valence-electron chi connectivity index (χ1n) is 16.3. The van der Waals surface area contributed by atoms with E-state index in [1.807, 2.05) is 55.5 Å². The van der Waals surface area contributed by atoms with Crippen molar-refractivity contribution in [2.45, 2.75) is 45.6 Å². The van der Waals surface area contributed by atoms with E-state index >= 15 is 0 Å². The van der Waals surface area contributed by atoms with Crippen LogP contribution in [-0.4, -0.2) is 56.2 Å². The van der Waals surface area contributed by atoms with Crippen LogP contribution < -0.4 is 15.0 Å². The second-order valence-electron chi connectivity index (χ2n) is 11.7. The number of piperazine rings is 1. The number of nitrogens with one attached hydrogen (secondary N) is 1. The summed E-state index contributed by atoms with van der Waals surface area (Å²) in [6.07, 6.45) is -3.77. The first-order valence-corrected chi connectivity index (χ1v) is 16.7. The Morgan fingerprint density at radius 1 is 0.958 bits per heavy atom. The number of para-hydroxylation sites is 1. The van der Waals surface area contributed by atoms with Gasteiger partial charge < -0.3 is 24.6 Å². The molecule has 0 radical (unpaired) electrons. The largest absolute Gasteiger partial charge is 0.493 e. The van der Waals surface area contributed by atoms with E-state index in [2.05, 4.69) is 41.4 Å². The molecule has 0 bridgehead atoms. The van der Waals surface area contributed by atoms with Gasteiger partial charge in [0.2, 0.25) is 0 Å². The van der Waals surface area contributed by atoms with Crippen molar-refractivity contribution in [2.75, 3.05) is 44.3 Å². The highest BCUT2D eigenvalue weighted by Crippen LogP contribution is 2.36. The van der Waals surface area contributed by atoms with Gasteiger partial charge in [0.15, 0.2) is 0 Å². The average molecular weight is 680 g/mol. The molecule has 0 aliphatic carbocycles. The molecule has 5 rings (SSSR count). The van der Waals surface area contributed by atoms with Crippen molar-refractivity contribution in [3.63, 3.8) is 0 Å². The summed E-state index contributed by atoms with van der Waals surface area (Å²) in [5.41, 5.74) is 4.54. The van der Waals surface area contributed by atoms with Gasteiger partial charge in [-0.1, -0.05) is 73.1 Å². The third-order valence-corrected chi connectivity index (χ3v) is 8.82. The lowest BCUT2D eigenvalue weighted by molar-refractivity contribution is -0.137. The number of rotatable bonds is 13. The molecule has 0 aromatic heterocycles. The van der Waals surface area contributed by atoms with Crippen molar-refractivity contribution in [3.8, 4) is 16.9 Å². The van der Waals surface area contributed by atoms with E-state index in [4.69, 9.17) is 21.1 Å². The lowest BCUT2D eigenvalue weighted by Crippen LogP contribution is -2.55. The van der Waals surface area contributed by atoms with Crippen LogP contribution in [0.3, 0.4) is 0 Å². The molecule has 0 unspecified atom stereocenters. The molecule has 1 atom stereocenters. The van der Waals surface area contributed by atoms with E-state index in [9.17, 15) is 18.0 Å². The molecule has 254 valence electrons. The average Bonchev–Trinajstić information content (AvgIpc) is 3.09. The minimum absolute atomic E-state index is 0.00885. The van der Waals surface area contributed by atoms with Crippen LogP contribution in [0.2, 0.25) is 5.02 Å². The zero-order valence-electron chi connectivity index (χ0n) is 27.2. The van der Waals surface area contributed by atoms with E-state index < -0.39 is 11.7 Å². The predicted octanol–water partition coefficient (Wildman–Crippen LogP) is 8.47. The van der Waals surface area contributed by atoms with E-state index in [0.29, 0.717) is 52.5 Å². The maximum Gasteiger partial charge on any atom is 0.416 e. The maximum absolute atomic E-state index is 13.5. The maximum atomic E-state index is 13.5. The number of benzene rings is 4. The van der Waals surface area contributed by atoms with Crippen molar-refractivity contribution >= 4 is 23.2 Å². The van der Waals surface area contributed by atoms with Gasteiger partial charge in [0, 0.05) is 50.0 Å². The molecule has 0 spiro atoms. The minimum atomic E-state index is -4.54. The highest BCUT2D eigenvalue weighted by atomic mass is 35.5. The lowest BCUT2D eigenvalue weighted by Gasteiger charge is -2.43. The highest BCUT2D eigenvalue weighted by molar-refractivity contribution is 6.33. The van der Waals surface area contributed by atoms with Gasteiger partial charge in [-0.3, -0.25) is 4.79 Å². The SMILES string of the molecule is CCOc1ccccc1-c1ccc(N2CCN(C(=O)c3ccc(C(F)(F)F)cc3Cl)C[C@H]2CC)c(CNCCOCc2ccccc2)c1. The van der Waals surface area contributed by atoms with Crippen LogP contribution in [0.1, 0.15) is 47.3 Å². The first-order chi connectivity index (χ1) is 23.2. The Bertz CT molecular complexity index is 1670. The molecule has 1 fully saturated rings. The number of nitrogens with zero attached hydrogens (tertiary/aromatic N) is 2. The van der Waals surface area contributed by atoms with E-state index in [-0.39, 0.29) is 22.5 Å². The van der Waals surface area contributed by atoms with Crippen molar-refractivity contribution in [1.29, 1.82) is 0 Å². The van der Waals surface area contributed by atoms with Gasteiger partial charge in [-0.25, -0.2) is 0 Å². The summed E-state index contributed by atoms with van der Waals surface area (Å²) in [4.78, 5) is 17.5. The Morgan fingerprint density at radius 2 is 1.73 bits per heavy atom. The second kappa shape index (κ2) is 16.4. The Balaban J connectivity index is 1.33. The number of amides is 1. The molecule has 1 heterocycles. The third kappa shape index (κ3) is 8.69.